The second kappa shape index (κ2) is 6.94. The summed E-state index contributed by atoms with van der Waals surface area (Å²) in [6, 6.07) is 4.22. The summed E-state index contributed by atoms with van der Waals surface area (Å²) in [5, 5.41) is 12.5. The van der Waals surface area contributed by atoms with Crippen molar-refractivity contribution in [3.8, 4) is 5.75 Å². The van der Waals surface area contributed by atoms with E-state index in [-0.39, 0.29) is 6.04 Å². The maximum Gasteiger partial charge on any atom is 0.323 e. The summed E-state index contributed by atoms with van der Waals surface area (Å²) in [5.74, 6) is -0.0123. The predicted octanol–water partition coefficient (Wildman–Crippen LogP) is 3.22. The molecule has 4 heteroatoms. The minimum Gasteiger partial charge on any atom is -0.493 e. The van der Waals surface area contributed by atoms with E-state index in [0.29, 0.717) is 13.0 Å². The Morgan fingerprint density at radius 2 is 1.95 bits per heavy atom. The number of ether oxygens (including phenoxy) is 1. The van der Waals surface area contributed by atoms with Gasteiger partial charge in [-0.25, -0.2) is 0 Å². The lowest BCUT2D eigenvalue weighted by molar-refractivity contribution is -0.145. The van der Waals surface area contributed by atoms with Crippen molar-refractivity contribution in [3.05, 3.63) is 28.8 Å². The monoisotopic (exact) mass is 293 g/mol. The van der Waals surface area contributed by atoms with Crippen molar-refractivity contribution < 1.29 is 14.6 Å². The van der Waals surface area contributed by atoms with Gasteiger partial charge in [0.15, 0.2) is 0 Å². The molecule has 0 aliphatic rings. The van der Waals surface area contributed by atoms with Gasteiger partial charge >= 0.3 is 5.97 Å². The minimum atomic E-state index is -0.971. The number of rotatable bonds is 7. The average molecular weight is 293 g/mol. The number of nitrogens with one attached hydrogen (secondary N) is 1. The molecular formula is C17H27NO3. The quantitative estimate of drug-likeness (QED) is 0.810. The molecule has 1 aromatic carbocycles. The number of aliphatic carboxylic acids is 1. The molecule has 0 fully saturated rings. The second-order valence-electron chi connectivity index (χ2n) is 6.24. The summed E-state index contributed by atoms with van der Waals surface area (Å²) in [6.07, 6.45) is 0.410. The number of benzene rings is 1. The topological polar surface area (TPSA) is 58.6 Å². The number of carboxylic acid groups (broad SMARTS) is 1. The molecule has 1 unspecified atom stereocenters. The Labute approximate surface area is 127 Å². The van der Waals surface area contributed by atoms with Crippen LogP contribution in [-0.4, -0.2) is 29.3 Å². The average Bonchev–Trinajstić information content (AvgIpc) is 2.33. The van der Waals surface area contributed by atoms with E-state index in [1.54, 1.807) is 6.92 Å². The Bertz CT molecular complexity index is 511. The van der Waals surface area contributed by atoms with Crippen LogP contribution in [0, 0.1) is 20.8 Å². The zero-order valence-corrected chi connectivity index (χ0v) is 13.9. The van der Waals surface area contributed by atoms with Gasteiger partial charge < -0.3 is 9.84 Å². The van der Waals surface area contributed by atoms with Gasteiger partial charge in [-0.2, -0.15) is 0 Å². The fourth-order valence-electron chi connectivity index (χ4n) is 2.39. The van der Waals surface area contributed by atoms with Crippen LogP contribution in [0.2, 0.25) is 0 Å². The van der Waals surface area contributed by atoms with Crippen LogP contribution in [0.25, 0.3) is 0 Å². The smallest absolute Gasteiger partial charge is 0.323 e. The summed E-state index contributed by atoms with van der Waals surface area (Å²) in [7, 11) is 0. The van der Waals surface area contributed by atoms with Crippen LogP contribution in [0.5, 0.6) is 5.75 Å². The third kappa shape index (κ3) is 4.74. The molecule has 0 amide bonds. The SMILES string of the molecule is Cc1cc(C)c(C)c(OCCC(C)(NC(C)C)C(=O)O)c1. The van der Waals surface area contributed by atoms with E-state index in [9.17, 15) is 9.90 Å². The fourth-order valence-corrected chi connectivity index (χ4v) is 2.39. The van der Waals surface area contributed by atoms with Gasteiger partial charge in [0.25, 0.3) is 0 Å². The molecule has 21 heavy (non-hydrogen) atoms. The molecule has 0 radical (unpaired) electrons. The summed E-state index contributed by atoms with van der Waals surface area (Å²) < 4.78 is 5.82. The van der Waals surface area contributed by atoms with E-state index in [1.165, 1.54) is 5.56 Å². The van der Waals surface area contributed by atoms with E-state index in [2.05, 4.69) is 18.3 Å². The van der Waals surface area contributed by atoms with Crippen molar-refractivity contribution in [2.75, 3.05) is 6.61 Å². The number of hydrogen-bond acceptors (Lipinski definition) is 3. The lowest BCUT2D eigenvalue weighted by atomic mass is 9.97. The van der Waals surface area contributed by atoms with E-state index >= 15 is 0 Å². The first-order chi connectivity index (χ1) is 9.65. The number of hydrogen-bond donors (Lipinski definition) is 2. The molecule has 1 rings (SSSR count). The number of aryl methyl sites for hydroxylation is 2. The van der Waals surface area contributed by atoms with Crippen molar-refractivity contribution in [1.82, 2.24) is 5.32 Å². The summed E-state index contributed by atoms with van der Waals surface area (Å²) >= 11 is 0. The molecule has 0 spiro atoms. The molecule has 0 heterocycles. The van der Waals surface area contributed by atoms with E-state index in [0.717, 1.165) is 16.9 Å². The highest BCUT2D eigenvalue weighted by Gasteiger charge is 2.33. The molecule has 1 aromatic rings. The van der Waals surface area contributed by atoms with Crippen LogP contribution in [0.4, 0.5) is 0 Å². The molecule has 0 aliphatic heterocycles. The van der Waals surface area contributed by atoms with Crippen LogP contribution in [0.3, 0.4) is 0 Å². The fraction of sp³-hybridized carbons (Fsp3) is 0.588. The predicted molar refractivity (Wildman–Crippen MR) is 85.1 cm³/mol. The molecule has 2 N–H and O–H groups in total. The highest BCUT2D eigenvalue weighted by Crippen LogP contribution is 2.24. The lowest BCUT2D eigenvalue weighted by Crippen LogP contribution is -2.53. The van der Waals surface area contributed by atoms with Gasteiger partial charge in [0.05, 0.1) is 6.61 Å². The van der Waals surface area contributed by atoms with Crippen molar-refractivity contribution in [2.45, 2.75) is 59.5 Å². The number of carboxylic acids is 1. The zero-order valence-electron chi connectivity index (χ0n) is 13.9. The molecule has 0 aliphatic carbocycles. The van der Waals surface area contributed by atoms with Gasteiger partial charge in [-0.05, 0) is 64.3 Å². The van der Waals surface area contributed by atoms with Gasteiger partial charge in [0.1, 0.15) is 11.3 Å². The summed E-state index contributed by atoms with van der Waals surface area (Å²) in [6.45, 7) is 12.1. The van der Waals surface area contributed by atoms with Gasteiger partial charge in [0.2, 0.25) is 0 Å². The summed E-state index contributed by atoms with van der Waals surface area (Å²) in [4.78, 5) is 11.5. The van der Waals surface area contributed by atoms with Gasteiger partial charge in [0, 0.05) is 12.5 Å². The Morgan fingerprint density at radius 3 is 2.48 bits per heavy atom. The molecule has 0 aromatic heterocycles. The Morgan fingerprint density at radius 1 is 1.33 bits per heavy atom. The van der Waals surface area contributed by atoms with Crippen molar-refractivity contribution in [1.29, 1.82) is 0 Å². The van der Waals surface area contributed by atoms with Crippen molar-refractivity contribution in [3.63, 3.8) is 0 Å². The molecule has 1 atom stereocenters. The van der Waals surface area contributed by atoms with Gasteiger partial charge in [-0.15, -0.1) is 0 Å². The largest absolute Gasteiger partial charge is 0.493 e. The Hall–Kier alpha value is -1.55. The third-order valence-electron chi connectivity index (χ3n) is 3.70. The minimum absolute atomic E-state index is 0.106. The van der Waals surface area contributed by atoms with Crippen LogP contribution < -0.4 is 10.1 Å². The third-order valence-corrected chi connectivity index (χ3v) is 3.70. The van der Waals surface area contributed by atoms with E-state index in [4.69, 9.17) is 4.74 Å². The summed E-state index contributed by atoms with van der Waals surface area (Å²) in [5.41, 5.74) is 2.47. The van der Waals surface area contributed by atoms with Crippen LogP contribution in [0.15, 0.2) is 12.1 Å². The van der Waals surface area contributed by atoms with Crippen molar-refractivity contribution in [2.24, 2.45) is 0 Å². The molecule has 0 saturated carbocycles. The maximum atomic E-state index is 11.5. The molecule has 0 bridgehead atoms. The van der Waals surface area contributed by atoms with Crippen LogP contribution in [-0.2, 0) is 4.79 Å². The first kappa shape index (κ1) is 17.5. The lowest BCUT2D eigenvalue weighted by Gasteiger charge is -2.28. The van der Waals surface area contributed by atoms with Crippen LogP contribution in [0.1, 0.15) is 43.9 Å². The zero-order chi connectivity index (χ0) is 16.2. The Kier molecular flexibility index (Phi) is 5.78. The molecule has 4 nitrogen and oxygen atoms in total. The molecule has 0 saturated heterocycles. The Balaban J connectivity index is 2.73. The van der Waals surface area contributed by atoms with Crippen molar-refractivity contribution >= 4 is 5.97 Å². The second-order valence-corrected chi connectivity index (χ2v) is 6.24. The maximum absolute atomic E-state index is 11.5. The van der Waals surface area contributed by atoms with Gasteiger partial charge in [-0.3, -0.25) is 10.1 Å². The molecular weight excluding hydrogens is 266 g/mol. The first-order valence-corrected chi connectivity index (χ1v) is 7.37. The number of carbonyl (C=O) groups is 1. The standard InChI is InChI=1S/C17H27NO3/c1-11(2)18-17(6,16(19)20)7-8-21-15-10-12(3)9-13(4)14(15)5/h9-11,18H,7-8H2,1-6H3,(H,19,20). The molecule has 118 valence electrons. The van der Waals surface area contributed by atoms with Gasteiger partial charge in [-0.1, -0.05) is 6.07 Å². The highest BCUT2D eigenvalue weighted by atomic mass is 16.5. The highest BCUT2D eigenvalue weighted by molar-refractivity contribution is 5.78. The van der Waals surface area contributed by atoms with E-state index < -0.39 is 11.5 Å². The van der Waals surface area contributed by atoms with Crippen LogP contribution >= 0.6 is 0 Å². The first-order valence-electron chi connectivity index (χ1n) is 7.37. The van der Waals surface area contributed by atoms with E-state index in [1.807, 2.05) is 33.8 Å². The normalized spacial score (nSPS) is 14.0.